The summed E-state index contributed by atoms with van der Waals surface area (Å²) < 4.78 is 37.7. The Hall–Kier alpha value is -2.04. The lowest BCUT2D eigenvalue weighted by Crippen LogP contribution is -2.51. The van der Waals surface area contributed by atoms with Gasteiger partial charge < -0.3 is 14.8 Å². The van der Waals surface area contributed by atoms with Crippen LogP contribution in [0.3, 0.4) is 0 Å². The van der Waals surface area contributed by atoms with Crippen LogP contribution in [0.25, 0.3) is 0 Å². The first-order valence-corrected chi connectivity index (χ1v) is 14.2. The summed E-state index contributed by atoms with van der Waals surface area (Å²) in [5.74, 6) is 1.65. The minimum Gasteiger partial charge on any atom is -0.496 e. The summed E-state index contributed by atoms with van der Waals surface area (Å²) in [6, 6.07) is 8.69. The van der Waals surface area contributed by atoms with E-state index in [0.717, 1.165) is 24.2 Å². The fraction of sp³-hybridized carbons (Fsp3) is 0.480. The van der Waals surface area contributed by atoms with E-state index in [9.17, 15) is 13.2 Å². The molecule has 1 saturated carbocycles. The number of amides is 1. The maximum atomic E-state index is 12.6. The Morgan fingerprint density at radius 2 is 1.72 bits per heavy atom. The number of carbonyl (C=O) groups excluding carboxylic acids is 1. The van der Waals surface area contributed by atoms with Crippen LogP contribution in [0.1, 0.15) is 38.2 Å². The first-order valence-electron chi connectivity index (χ1n) is 11.9. The number of nitrogens with one attached hydrogen (secondary N) is 1. The monoisotopic (exact) mass is 555 g/mol. The van der Waals surface area contributed by atoms with Crippen molar-refractivity contribution in [3.05, 3.63) is 45.9 Å². The second-order valence-corrected chi connectivity index (χ2v) is 12.4. The lowest BCUT2D eigenvalue weighted by Gasteiger charge is -2.33. The van der Waals surface area contributed by atoms with Crippen molar-refractivity contribution in [2.24, 2.45) is 0 Å². The van der Waals surface area contributed by atoms with E-state index in [4.69, 9.17) is 32.7 Å². The fourth-order valence-corrected chi connectivity index (χ4v) is 6.59. The van der Waals surface area contributed by atoms with E-state index >= 15 is 0 Å². The number of piperazine rings is 1. The first kappa shape index (κ1) is 27.0. The summed E-state index contributed by atoms with van der Waals surface area (Å²) in [4.78, 5) is 14.6. The van der Waals surface area contributed by atoms with Crippen molar-refractivity contribution < 1.29 is 22.7 Å². The van der Waals surface area contributed by atoms with Crippen LogP contribution in [0.4, 0.5) is 5.69 Å². The van der Waals surface area contributed by atoms with Crippen LogP contribution >= 0.6 is 23.2 Å². The van der Waals surface area contributed by atoms with E-state index in [2.05, 4.69) is 19.2 Å². The van der Waals surface area contributed by atoms with Gasteiger partial charge in [-0.15, -0.1) is 0 Å². The quantitative estimate of drug-likeness (QED) is 0.470. The Labute approximate surface area is 222 Å². The molecule has 2 fully saturated rings. The number of carbonyl (C=O) groups is 1. The fourth-order valence-electron chi connectivity index (χ4n) is 4.20. The number of nitrogens with zero attached hydrogens (tertiary/aromatic N) is 2. The van der Waals surface area contributed by atoms with Gasteiger partial charge in [0.15, 0.2) is 5.75 Å². The number of benzene rings is 2. The number of hydrogen-bond acceptors (Lipinski definition) is 6. The third kappa shape index (κ3) is 6.26. The predicted octanol–water partition coefficient (Wildman–Crippen LogP) is 4.97. The first-order chi connectivity index (χ1) is 17.1. The van der Waals surface area contributed by atoms with Gasteiger partial charge in [0, 0.05) is 37.4 Å². The van der Waals surface area contributed by atoms with Crippen molar-refractivity contribution in [1.82, 2.24) is 9.21 Å². The molecular weight excluding hydrogens is 525 g/mol. The zero-order valence-electron chi connectivity index (χ0n) is 20.6. The number of sulfonamides is 1. The zero-order chi connectivity index (χ0) is 26.0. The van der Waals surface area contributed by atoms with E-state index in [1.165, 1.54) is 0 Å². The Morgan fingerprint density at radius 1 is 1.08 bits per heavy atom. The SMILES string of the molecule is COc1ccc(Oc2c(Cl)cc(NC(=O)CN3CCN(S(=O)(=O)C4CC4)CC3)cc2Cl)cc1C(C)C. The Bertz CT molecular complexity index is 1200. The van der Waals surface area contributed by atoms with Gasteiger partial charge in [-0.1, -0.05) is 37.0 Å². The highest BCUT2D eigenvalue weighted by Crippen LogP contribution is 2.40. The van der Waals surface area contributed by atoms with Crippen molar-refractivity contribution >= 4 is 44.8 Å². The van der Waals surface area contributed by atoms with Gasteiger partial charge in [0.25, 0.3) is 0 Å². The van der Waals surface area contributed by atoms with Gasteiger partial charge in [-0.3, -0.25) is 9.69 Å². The molecular formula is C25H31Cl2N3O5S. The maximum absolute atomic E-state index is 12.6. The Kier molecular flexibility index (Phi) is 8.36. The van der Waals surface area contributed by atoms with Gasteiger partial charge in [0.05, 0.1) is 28.9 Å². The van der Waals surface area contributed by atoms with Crippen molar-refractivity contribution in [3.8, 4) is 17.2 Å². The van der Waals surface area contributed by atoms with Crippen molar-refractivity contribution in [3.63, 3.8) is 0 Å². The largest absolute Gasteiger partial charge is 0.496 e. The van der Waals surface area contributed by atoms with Crippen LogP contribution in [-0.2, 0) is 14.8 Å². The number of ether oxygens (including phenoxy) is 2. The highest BCUT2D eigenvalue weighted by atomic mass is 35.5. The second kappa shape index (κ2) is 11.1. The zero-order valence-corrected chi connectivity index (χ0v) is 22.9. The van der Waals surface area contributed by atoms with Crippen molar-refractivity contribution in [1.29, 1.82) is 0 Å². The van der Waals surface area contributed by atoms with Crippen LogP contribution in [-0.4, -0.2) is 68.6 Å². The molecule has 36 heavy (non-hydrogen) atoms. The summed E-state index contributed by atoms with van der Waals surface area (Å²) in [6.07, 6.45) is 1.50. The molecule has 8 nitrogen and oxygen atoms in total. The summed E-state index contributed by atoms with van der Waals surface area (Å²) in [5, 5.41) is 3.13. The molecule has 0 aromatic heterocycles. The molecule has 0 spiro atoms. The summed E-state index contributed by atoms with van der Waals surface area (Å²) in [5.41, 5.74) is 1.45. The van der Waals surface area contributed by atoms with Crippen LogP contribution in [0.2, 0.25) is 10.0 Å². The minimum atomic E-state index is -3.18. The number of hydrogen-bond donors (Lipinski definition) is 1. The summed E-state index contributed by atoms with van der Waals surface area (Å²) in [6.45, 7) is 6.10. The topological polar surface area (TPSA) is 88.2 Å². The lowest BCUT2D eigenvalue weighted by molar-refractivity contribution is -0.117. The highest BCUT2D eigenvalue weighted by molar-refractivity contribution is 7.90. The Morgan fingerprint density at radius 3 is 2.28 bits per heavy atom. The van der Waals surface area contributed by atoms with Gasteiger partial charge in [0.1, 0.15) is 11.5 Å². The molecule has 1 aliphatic heterocycles. The minimum absolute atomic E-state index is 0.147. The van der Waals surface area contributed by atoms with Crippen molar-refractivity contribution in [2.75, 3.05) is 45.2 Å². The number of anilines is 1. The van der Waals surface area contributed by atoms with E-state index in [1.807, 2.05) is 17.0 Å². The van der Waals surface area contributed by atoms with Gasteiger partial charge >= 0.3 is 0 Å². The van der Waals surface area contributed by atoms with Gasteiger partial charge in [-0.05, 0) is 49.1 Å². The molecule has 0 bridgehead atoms. The molecule has 1 aliphatic carbocycles. The lowest BCUT2D eigenvalue weighted by atomic mass is 10.0. The molecule has 1 amide bonds. The molecule has 1 heterocycles. The molecule has 2 aromatic carbocycles. The van der Waals surface area contributed by atoms with E-state index in [-0.39, 0.29) is 33.7 Å². The molecule has 2 aliphatic rings. The third-order valence-electron chi connectivity index (χ3n) is 6.33. The molecule has 0 unspecified atom stereocenters. The Balaban J connectivity index is 1.35. The van der Waals surface area contributed by atoms with Crippen LogP contribution < -0.4 is 14.8 Å². The normalized spacial score (nSPS) is 17.3. The van der Waals surface area contributed by atoms with Crippen LogP contribution in [0, 0.1) is 0 Å². The molecule has 0 radical (unpaired) electrons. The smallest absolute Gasteiger partial charge is 0.238 e. The van der Waals surface area contributed by atoms with Gasteiger partial charge in [-0.25, -0.2) is 8.42 Å². The average Bonchev–Trinajstić information content (AvgIpc) is 3.68. The van der Waals surface area contributed by atoms with Crippen LogP contribution in [0.15, 0.2) is 30.3 Å². The molecule has 11 heteroatoms. The predicted molar refractivity (Wildman–Crippen MR) is 142 cm³/mol. The van der Waals surface area contributed by atoms with E-state index in [1.54, 1.807) is 29.6 Å². The van der Waals surface area contributed by atoms with Crippen LogP contribution in [0.5, 0.6) is 17.2 Å². The summed E-state index contributed by atoms with van der Waals surface area (Å²) >= 11 is 12.9. The number of methoxy groups -OCH3 is 1. The summed E-state index contributed by atoms with van der Waals surface area (Å²) in [7, 11) is -1.55. The maximum Gasteiger partial charge on any atom is 0.238 e. The highest BCUT2D eigenvalue weighted by Gasteiger charge is 2.41. The van der Waals surface area contributed by atoms with Gasteiger partial charge in [-0.2, -0.15) is 4.31 Å². The second-order valence-electron chi connectivity index (χ2n) is 9.40. The molecule has 4 rings (SSSR count). The third-order valence-corrected chi connectivity index (χ3v) is 9.29. The average molecular weight is 557 g/mol. The number of halogens is 2. The molecule has 2 aromatic rings. The molecule has 0 atom stereocenters. The molecule has 1 saturated heterocycles. The van der Waals surface area contributed by atoms with E-state index < -0.39 is 10.0 Å². The number of rotatable bonds is 9. The molecule has 1 N–H and O–H groups in total. The molecule has 196 valence electrons. The van der Waals surface area contributed by atoms with E-state index in [0.29, 0.717) is 43.4 Å². The van der Waals surface area contributed by atoms with Gasteiger partial charge in [0.2, 0.25) is 15.9 Å². The standard InChI is InChI=1S/C25H31Cl2N3O5S/c1-16(2)20-14-18(4-7-23(20)34-3)35-25-21(26)12-17(13-22(25)27)28-24(31)15-29-8-10-30(11-9-29)36(32,33)19-5-6-19/h4,7,12-14,16,19H,5-6,8-11,15H2,1-3H3,(H,28,31). The van der Waals surface area contributed by atoms with Crippen molar-refractivity contribution in [2.45, 2.75) is 37.9 Å².